The van der Waals surface area contributed by atoms with Crippen LogP contribution in [0.25, 0.3) is 0 Å². The predicted octanol–water partition coefficient (Wildman–Crippen LogP) is 3.80. The van der Waals surface area contributed by atoms with E-state index in [1.165, 1.54) is 4.88 Å². The number of thiophene rings is 1. The molecule has 90 valence electrons. The first-order chi connectivity index (χ1) is 8.20. The number of halogens is 2. The van der Waals surface area contributed by atoms with Crippen molar-refractivity contribution in [3.63, 3.8) is 0 Å². The number of nitrogens with one attached hydrogen (secondary N) is 1. The highest BCUT2D eigenvalue weighted by Crippen LogP contribution is 2.27. The molecule has 7 heteroatoms. The lowest BCUT2D eigenvalue weighted by atomic mass is 10.2. The van der Waals surface area contributed by atoms with Gasteiger partial charge in [0, 0.05) is 4.88 Å². The van der Waals surface area contributed by atoms with Gasteiger partial charge in [0.2, 0.25) is 5.28 Å². The maximum Gasteiger partial charge on any atom is 0.245 e. The first-order valence-corrected chi connectivity index (χ1v) is 6.70. The van der Waals surface area contributed by atoms with Crippen LogP contribution in [-0.4, -0.2) is 15.2 Å². The fourth-order valence-electron chi connectivity index (χ4n) is 1.41. The number of rotatable bonds is 4. The summed E-state index contributed by atoms with van der Waals surface area (Å²) < 4.78 is 0. The van der Waals surface area contributed by atoms with Crippen molar-refractivity contribution in [2.75, 3.05) is 5.32 Å². The summed E-state index contributed by atoms with van der Waals surface area (Å²) in [6.45, 7) is 2.08. The number of anilines is 1. The Kier molecular flexibility index (Phi) is 4.15. The number of hydrogen-bond donors (Lipinski definition) is 1. The second kappa shape index (κ2) is 5.62. The van der Waals surface area contributed by atoms with E-state index in [-0.39, 0.29) is 16.5 Å². The van der Waals surface area contributed by atoms with E-state index in [1.807, 2.05) is 11.4 Å². The van der Waals surface area contributed by atoms with Crippen molar-refractivity contribution in [1.29, 1.82) is 0 Å². The van der Waals surface area contributed by atoms with Crippen LogP contribution in [0.1, 0.15) is 24.3 Å². The van der Waals surface area contributed by atoms with Gasteiger partial charge in [0.15, 0.2) is 11.0 Å². The van der Waals surface area contributed by atoms with Crippen LogP contribution >= 0.6 is 34.5 Å². The molecule has 0 aliphatic heterocycles. The normalized spacial score (nSPS) is 12.4. The van der Waals surface area contributed by atoms with Crippen LogP contribution in [0.5, 0.6) is 0 Å². The van der Waals surface area contributed by atoms with Gasteiger partial charge in [-0.25, -0.2) is 0 Å². The van der Waals surface area contributed by atoms with Crippen molar-refractivity contribution in [3.8, 4) is 0 Å². The summed E-state index contributed by atoms with van der Waals surface area (Å²) in [4.78, 5) is 5.24. The van der Waals surface area contributed by atoms with Crippen LogP contribution in [-0.2, 0) is 0 Å². The summed E-state index contributed by atoms with van der Waals surface area (Å²) in [5.41, 5.74) is 0. The van der Waals surface area contributed by atoms with E-state index < -0.39 is 0 Å². The molecular formula is C10H10Cl2N4S. The van der Waals surface area contributed by atoms with Crippen molar-refractivity contribution >= 4 is 40.4 Å². The molecule has 0 saturated heterocycles. The molecule has 2 aromatic heterocycles. The lowest BCUT2D eigenvalue weighted by Crippen LogP contribution is -2.11. The van der Waals surface area contributed by atoms with E-state index in [9.17, 15) is 0 Å². The second-order valence-electron chi connectivity index (χ2n) is 3.34. The average Bonchev–Trinajstić information content (AvgIpc) is 2.84. The molecule has 1 N–H and O–H groups in total. The zero-order chi connectivity index (χ0) is 12.3. The third-order valence-electron chi connectivity index (χ3n) is 2.23. The molecule has 0 radical (unpaired) electrons. The van der Waals surface area contributed by atoms with Gasteiger partial charge < -0.3 is 5.32 Å². The standard InChI is InChI=1S/C10H10Cl2N4S/c1-2-6(7-4-3-5-17-7)13-9-8(11)15-16-10(12)14-9/h3-6H,2H2,1H3,(H,13,14,16). The largest absolute Gasteiger partial charge is 0.360 e. The highest BCUT2D eigenvalue weighted by Gasteiger charge is 2.14. The summed E-state index contributed by atoms with van der Waals surface area (Å²) >= 11 is 13.3. The summed E-state index contributed by atoms with van der Waals surface area (Å²) in [5.74, 6) is 0.465. The summed E-state index contributed by atoms with van der Waals surface area (Å²) in [7, 11) is 0. The molecule has 0 bridgehead atoms. The van der Waals surface area contributed by atoms with Crippen LogP contribution in [0, 0.1) is 0 Å². The molecule has 2 rings (SSSR count). The van der Waals surface area contributed by atoms with E-state index in [4.69, 9.17) is 23.2 Å². The highest BCUT2D eigenvalue weighted by molar-refractivity contribution is 7.10. The summed E-state index contributed by atoms with van der Waals surface area (Å²) in [6, 6.07) is 4.23. The first kappa shape index (κ1) is 12.5. The van der Waals surface area contributed by atoms with Crippen LogP contribution in [0.2, 0.25) is 10.4 Å². The molecule has 0 spiro atoms. The lowest BCUT2D eigenvalue weighted by Gasteiger charge is -2.16. The highest BCUT2D eigenvalue weighted by atomic mass is 35.5. The molecule has 0 saturated carbocycles. The third-order valence-corrected chi connectivity index (χ3v) is 3.63. The minimum Gasteiger partial charge on any atom is -0.360 e. The maximum absolute atomic E-state index is 5.90. The SMILES string of the molecule is CCC(Nc1nc(Cl)nnc1Cl)c1cccs1. The van der Waals surface area contributed by atoms with Crippen molar-refractivity contribution < 1.29 is 0 Å². The molecule has 0 aliphatic rings. The van der Waals surface area contributed by atoms with Crippen molar-refractivity contribution in [3.05, 3.63) is 32.8 Å². The zero-order valence-electron chi connectivity index (χ0n) is 9.02. The quantitative estimate of drug-likeness (QED) is 0.930. The van der Waals surface area contributed by atoms with Gasteiger partial charge >= 0.3 is 0 Å². The molecule has 0 aromatic carbocycles. The Morgan fingerprint density at radius 3 is 2.88 bits per heavy atom. The van der Waals surface area contributed by atoms with Crippen LogP contribution in [0.4, 0.5) is 5.82 Å². The van der Waals surface area contributed by atoms with Gasteiger partial charge in [-0.15, -0.1) is 21.5 Å². The van der Waals surface area contributed by atoms with Crippen LogP contribution < -0.4 is 5.32 Å². The van der Waals surface area contributed by atoms with Gasteiger partial charge in [0.05, 0.1) is 6.04 Å². The molecular weight excluding hydrogens is 279 g/mol. The van der Waals surface area contributed by atoms with Gasteiger partial charge in [0.1, 0.15) is 0 Å². The Morgan fingerprint density at radius 2 is 2.24 bits per heavy atom. The first-order valence-electron chi connectivity index (χ1n) is 5.06. The number of aromatic nitrogens is 3. The predicted molar refractivity (Wildman–Crippen MR) is 70.8 cm³/mol. The van der Waals surface area contributed by atoms with E-state index in [0.29, 0.717) is 5.82 Å². The van der Waals surface area contributed by atoms with Crippen LogP contribution in [0.3, 0.4) is 0 Å². The van der Waals surface area contributed by atoms with Gasteiger partial charge in [-0.3, -0.25) is 0 Å². The van der Waals surface area contributed by atoms with E-state index in [2.05, 4.69) is 33.5 Å². The van der Waals surface area contributed by atoms with E-state index in [0.717, 1.165) is 6.42 Å². The Labute approximate surface area is 113 Å². The molecule has 0 amide bonds. The number of nitrogens with zero attached hydrogens (tertiary/aromatic N) is 3. The van der Waals surface area contributed by atoms with Gasteiger partial charge in [-0.1, -0.05) is 24.6 Å². The van der Waals surface area contributed by atoms with Gasteiger partial charge in [0.25, 0.3) is 0 Å². The van der Waals surface area contributed by atoms with Crippen molar-refractivity contribution in [2.24, 2.45) is 0 Å². The minimum absolute atomic E-state index is 0.0814. The Hall–Kier alpha value is -0.910. The monoisotopic (exact) mass is 288 g/mol. The molecule has 0 aliphatic carbocycles. The molecule has 2 heterocycles. The fraction of sp³-hybridized carbons (Fsp3) is 0.300. The average molecular weight is 289 g/mol. The third kappa shape index (κ3) is 3.06. The molecule has 0 fully saturated rings. The maximum atomic E-state index is 5.90. The van der Waals surface area contributed by atoms with Gasteiger partial charge in [-0.2, -0.15) is 4.98 Å². The molecule has 2 aromatic rings. The number of hydrogen-bond acceptors (Lipinski definition) is 5. The van der Waals surface area contributed by atoms with E-state index >= 15 is 0 Å². The summed E-state index contributed by atoms with van der Waals surface area (Å²) in [6.07, 6.45) is 0.915. The Morgan fingerprint density at radius 1 is 1.41 bits per heavy atom. The molecule has 1 unspecified atom stereocenters. The minimum atomic E-state index is 0.0814. The Balaban J connectivity index is 2.21. The fourth-order valence-corrected chi connectivity index (χ4v) is 2.53. The summed E-state index contributed by atoms with van der Waals surface area (Å²) in [5, 5.41) is 12.8. The molecule has 17 heavy (non-hydrogen) atoms. The molecule has 1 atom stereocenters. The smallest absolute Gasteiger partial charge is 0.245 e. The molecule has 4 nitrogen and oxygen atoms in total. The lowest BCUT2D eigenvalue weighted by molar-refractivity contribution is 0.754. The van der Waals surface area contributed by atoms with Crippen molar-refractivity contribution in [2.45, 2.75) is 19.4 Å². The van der Waals surface area contributed by atoms with Gasteiger partial charge in [-0.05, 0) is 29.5 Å². The van der Waals surface area contributed by atoms with Crippen LogP contribution in [0.15, 0.2) is 17.5 Å². The second-order valence-corrected chi connectivity index (χ2v) is 5.02. The zero-order valence-corrected chi connectivity index (χ0v) is 11.4. The van der Waals surface area contributed by atoms with Crippen molar-refractivity contribution in [1.82, 2.24) is 15.2 Å². The topological polar surface area (TPSA) is 50.7 Å². The Bertz CT molecular complexity index is 489. The van der Waals surface area contributed by atoms with E-state index in [1.54, 1.807) is 11.3 Å².